The first-order chi connectivity index (χ1) is 22.6. The average Bonchev–Trinajstić information content (AvgIpc) is 3.07. The first-order valence-electron chi connectivity index (χ1n) is 15.6. The Kier molecular flexibility index (Phi) is 12.0. The molecule has 0 saturated carbocycles. The predicted octanol–water partition coefficient (Wildman–Crippen LogP) is 5.68. The molecule has 0 saturated heterocycles. The fraction of sp³-hybridized carbons (Fsp3) is 0.297. The molecule has 0 aromatic heterocycles. The van der Waals surface area contributed by atoms with Crippen LogP contribution in [0.15, 0.2) is 102 Å². The van der Waals surface area contributed by atoms with E-state index in [2.05, 4.69) is 5.32 Å². The zero-order valence-electron chi connectivity index (χ0n) is 27.6. The van der Waals surface area contributed by atoms with Crippen LogP contribution in [0, 0.1) is 13.8 Å². The Hall–Kier alpha value is -4.83. The van der Waals surface area contributed by atoms with Crippen LogP contribution in [-0.2, 0) is 32.6 Å². The molecule has 10 heteroatoms. The lowest BCUT2D eigenvalue weighted by atomic mass is 10.0. The highest BCUT2D eigenvalue weighted by Gasteiger charge is 2.35. The molecule has 0 aliphatic carbocycles. The number of sulfonamides is 1. The maximum atomic E-state index is 14.7. The van der Waals surface area contributed by atoms with Crippen LogP contribution in [0.5, 0.6) is 11.5 Å². The van der Waals surface area contributed by atoms with Crippen molar-refractivity contribution < 1.29 is 27.5 Å². The van der Waals surface area contributed by atoms with E-state index in [0.717, 1.165) is 26.6 Å². The Morgan fingerprint density at radius 3 is 2.15 bits per heavy atom. The van der Waals surface area contributed by atoms with Crippen molar-refractivity contribution in [2.75, 3.05) is 31.6 Å². The fourth-order valence-electron chi connectivity index (χ4n) is 5.27. The van der Waals surface area contributed by atoms with Crippen molar-refractivity contribution in [3.05, 3.63) is 119 Å². The van der Waals surface area contributed by atoms with Gasteiger partial charge in [0.05, 0.1) is 24.8 Å². The number of hydrogen-bond acceptors (Lipinski definition) is 6. The van der Waals surface area contributed by atoms with E-state index in [1.54, 1.807) is 24.3 Å². The van der Waals surface area contributed by atoms with Gasteiger partial charge in [0.25, 0.3) is 10.0 Å². The molecule has 0 spiro atoms. The number of carbonyl (C=O) groups is 2. The number of methoxy groups -OCH3 is 2. The van der Waals surface area contributed by atoms with Gasteiger partial charge in [-0.05, 0) is 55.7 Å². The Bertz CT molecular complexity index is 1760. The van der Waals surface area contributed by atoms with E-state index in [0.29, 0.717) is 18.7 Å². The Balaban J connectivity index is 1.86. The van der Waals surface area contributed by atoms with Crippen LogP contribution in [0.1, 0.15) is 35.6 Å². The number of amides is 2. The summed E-state index contributed by atoms with van der Waals surface area (Å²) in [4.78, 5) is 30.0. The third-order valence-electron chi connectivity index (χ3n) is 7.80. The number of aryl methyl sites for hydroxylation is 2. The molecular formula is C37H43N3O6S. The zero-order chi connectivity index (χ0) is 34.0. The third kappa shape index (κ3) is 8.92. The fourth-order valence-corrected chi connectivity index (χ4v) is 6.69. The van der Waals surface area contributed by atoms with E-state index < -0.39 is 28.5 Å². The lowest BCUT2D eigenvalue weighted by Gasteiger charge is -2.34. The van der Waals surface area contributed by atoms with Crippen molar-refractivity contribution in [3.63, 3.8) is 0 Å². The standard InChI is InChI=1S/C37H43N3O6S/c1-6-21-38-37(42)34(23-29-12-8-7-9-13-29)39(25-30-14-10-11-28(3)22-30)36(41)26-40(33-24-31(45-4)17-20-35(33)46-5)47(43,44)32-18-15-27(2)16-19-32/h7-20,22,24,34H,6,21,23,25-26H2,1-5H3,(H,38,42)/t34-/m1/s1. The van der Waals surface area contributed by atoms with Crippen LogP contribution in [0.25, 0.3) is 0 Å². The van der Waals surface area contributed by atoms with Gasteiger partial charge in [-0.1, -0.05) is 84.8 Å². The number of anilines is 1. The van der Waals surface area contributed by atoms with E-state index in [4.69, 9.17) is 9.47 Å². The minimum Gasteiger partial charge on any atom is -0.497 e. The highest BCUT2D eigenvalue weighted by Crippen LogP contribution is 2.36. The molecule has 0 unspecified atom stereocenters. The van der Waals surface area contributed by atoms with Crippen molar-refractivity contribution >= 4 is 27.5 Å². The van der Waals surface area contributed by atoms with Gasteiger partial charge in [0.15, 0.2) is 0 Å². The molecule has 0 bridgehead atoms. The Labute approximate surface area is 278 Å². The molecule has 1 N–H and O–H groups in total. The topological polar surface area (TPSA) is 105 Å². The molecule has 2 amide bonds. The average molecular weight is 658 g/mol. The summed E-state index contributed by atoms with van der Waals surface area (Å²) >= 11 is 0. The molecule has 4 rings (SSSR count). The summed E-state index contributed by atoms with van der Waals surface area (Å²) in [6, 6.07) is 27.4. The lowest BCUT2D eigenvalue weighted by molar-refractivity contribution is -0.140. The number of nitrogens with zero attached hydrogens (tertiary/aromatic N) is 2. The number of ether oxygens (including phenoxy) is 2. The molecule has 0 aliphatic rings. The van der Waals surface area contributed by atoms with Gasteiger partial charge in [-0.25, -0.2) is 8.42 Å². The van der Waals surface area contributed by atoms with E-state index in [9.17, 15) is 18.0 Å². The van der Waals surface area contributed by atoms with Crippen LogP contribution >= 0.6 is 0 Å². The van der Waals surface area contributed by atoms with Crippen molar-refractivity contribution in [1.82, 2.24) is 10.2 Å². The minimum absolute atomic E-state index is 0.00697. The second-order valence-electron chi connectivity index (χ2n) is 11.4. The summed E-state index contributed by atoms with van der Waals surface area (Å²) in [5.74, 6) is -0.251. The molecule has 47 heavy (non-hydrogen) atoms. The van der Waals surface area contributed by atoms with Crippen LogP contribution in [-0.4, -0.2) is 58.5 Å². The van der Waals surface area contributed by atoms with E-state index in [-0.39, 0.29) is 35.2 Å². The van der Waals surface area contributed by atoms with Crippen LogP contribution in [0.3, 0.4) is 0 Å². The summed E-state index contributed by atoms with van der Waals surface area (Å²) in [6.07, 6.45) is 0.953. The smallest absolute Gasteiger partial charge is 0.264 e. The maximum absolute atomic E-state index is 14.7. The molecule has 9 nitrogen and oxygen atoms in total. The predicted molar refractivity (Wildman–Crippen MR) is 184 cm³/mol. The van der Waals surface area contributed by atoms with Crippen LogP contribution in [0.4, 0.5) is 5.69 Å². The lowest BCUT2D eigenvalue weighted by Crippen LogP contribution is -2.53. The molecule has 1 atom stereocenters. The maximum Gasteiger partial charge on any atom is 0.264 e. The van der Waals surface area contributed by atoms with Crippen molar-refractivity contribution in [2.45, 2.75) is 51.1 Å². The SMILES string of the molecule is CCCNC(=O)[C@@H](Cc1ccccc1)N(Cc1cccc(C)c1)C(=O)CN(c1cc(OC)ccc1OC)S(=O)(=O)c1ccc(C)cc1. The Morgan fingerprint density at radius 1 is 0.809 bits per heavy atom. The van der Waals surface area contributed by atoms with Gasteiger partial charge in [0, 0.05) is 25.6 Å². The van der Waals surface area contributed by atoms with Gasteiger partial charge in [0.2, 0.25) is 11.8 Å². The van der Waals surface area contributed by atoms with Gasteiger partial charge in [-0.2, -0.15) is 0 Å². The van der Waals surface area contributed by atoms with Gasteiger partial charge < -0.3 is 19.7 Å². The monoisotopic (exact) mass is 657 g/mol. The first kappa shape index (κ1) is 35.0. The molecule has 0 fully saturated rings. The summed E-state index contributed by atoms with van der Waals surface area (Å²) < 4.78 is 40.8. The molecular weight excluding hydrogens is 614 g/mol. The third-order valence-corrected chi connectivity index (χ3v) is 9.57. The van der Waals surface area contributed by atoms with Gasteiger partial charge in [-0.15, -0.1) is 0 Å². The van der Waals surface area contributed by atoms with Crippen molar-refractivity contribution in [2.24, 2.45) is 0 Å². The number of carbonyl (C=O) groups excluding carboxylic acids is 2. The van der Waals surface area contributed by atoms with E-state index in [1.807, 2.05) is 75.4 Å². The number of rotatable bonds is 15. The normalized spacial score (nSPS) is 11.8. The zero-order valence-corrected chi connectivity index (χ0v) is 28.4. The van der Waals surface area contributed by atoms with Gasteiger partial charge in [0.1, 0.15) is 24.1 Å². The van der Waals surface area contributed by atoms with E-state index in [1.165, 1.54) is 37.3 Å². The minimum atomic E-state index is -4.31. The van der Waals surface area contributed by atoms with Crippen LogP contribution < -0.4 is 19.1 Å². The van der Waals surface area contributed by atoms with E-state index >= 15 is 0 Å². The summed E-state index contributed by atoms with van der Waals surface area (Å²) in [5, 5.41) is 2.96. The molecule has 4 aromatic carbocycles. The largest absolute Gasteiger partial charge is 0.497 e. The number of hydrogen-bond donors (Lipinski definition) is 1. The van der Waals surface area contributed by atoms with Gasteiger partial charge >= 0.3 is 0 Å². The molecule has 248 valence electrons. The van der Waals surface area contributed by atoms with Crippen molar-refractivity contribution in [3.8, 4) is 11.5 Å². The quantitative estimate of drug-likeness (QED) is 0.176. The molecule has 4 aromatic rings. The summed E-state index contributed by atoms with van der Waals surface area (Å²) in [7, 11) is -1.40. The molecule has 0 aliphatic heterocycles. The highest BCUT2D eigenvalue weighted by molar-refractivity contribution is 7.92. The van der Waals surface area contributed by atoms with Gasteiger partial charge in [-0.3, -0.25) is 13.9 Å². The first-order valence-corrected chi connectivity index (χ1v) is 17.0. The summed E-state index contributed by atoms with van der Waals surface area (Å²) in [5.41, 5.74) is 3.69. The molecule has 0 heterocycles. The second kappa shape index (κ2) is 16.1. The van der Waals surface area contributed by atoms with Crippen molar-refractivity contribution in [1.29, 1.82) is 0 Å². The number of benzene rings is 4. The summed E-state index contributed by atoms with van der Waals surface area (Å²) in [6.45, 7) is 5.70. The highest BCUT2D eigenvalue weighted by atomic mass is 32.2. The second-order valence-corrected chi connectivity index (χ2v) is 13.2. The Morgan fingerprint density at radius 2 is 1.51 bits per heavy atom. The van der Waals surface area contributed by atoms with Crippen LogP contribution in [0.2, 0.25) is 0 Å². The number of nitrogens with one attached hydrogen (secondary N) is 1. The molecule has 0 radical (unpaired) electrons.